The van der Waals surface area contributed by atoms with Gasteiger partial charge in [-0.05, 0) is 24.2 Å². The summed E-state index contributed by atoms with van der Waals surface area (Å²) in [4.78, 5) is 9.84. The van der Waals surface area contributed by atoms with E-state index in [-0.39, 0.29) is 6.17 Å². The van der Waals surface area contributed by atoms with Crippen LogP contribution in [0.25, 0.3) is 0 Å². The van der Waals surface area contributed by atoms with Gasteiger partial charge >= 0.3 is 0 Å². The van der Waals surface area contributed by atoms with Crippen LogP contribution in [0.1, 0.15) is 28.4 Å². The van der Waals surface area contributed by atoms with Crippen LogP contribution in [0, 0.1) is 6.92 Å². The number of hydrogen-bond acceptors (Lipinski definition) is 3. The summed E-state index contributed by atoms with van der Waals surface area (Å²) in [6.45, 7) is 2.10. The minimum Gasteiger partial charge on any atom is -0.246 e. The molecule has 0 bridgehead atoms. The lowest BCUT2D eigenvalue weighted by atomic mass is 10.1. The molecule has 3 aromatic rings. The van der Waals surface area contributed by atoms with Gasteiger partial charge in [0, 0.05) is 11.1 Å². The van der Waals surface area contributed by atoms with Gasteiger partial charge in [-0.2, -0.15) is 0 Å². The van der Waals surface area contributed by atoms with E-state index in [1.807, 2.05) is 36.4 Å². The monoisotopic (exact) mass is 342 g/mol. The van der Waals surface area contributed by atoms with Crippen LogP contribution < -0.4 is 0 Å². The highest BCUT2D eigenvalue weighted by molar-refractivity contribution is 8.27. The molecule has 0 aromatic heterocycles. The van der Waals surface area contributed by atoms with E-state index in [0.717, 1.165) is 26.8 Å². The Hall–Kier alpha value is -2.65. The summed E-state index contributed by atoms with van der Waals surface area (Å²) >= 11 is 1.64. The molecule has 0 unspecified atom stereocenters. The van der Waals surface area contributed by atoms with Crippen LogP contribution in [0.3, 0.4) is 0 Å². The molecule has 1 aliphatic rings. The topological polar surface area (TPSA) is 24.7 Å². The molecule has 0 atom stereocenters. The average Bonchev–Trinajstić information content (AvgIpc) is 2.69. The molecule has 1 aliphatic heterocycles. The summed E-state index contributed by atoms with van der Waals surface area (Å²) in [5.74, 6) is 0. The fourth-order valence-corrected chi connectivity index (χ4v) is 3.71. The van der Waals surface area contributed by atoms with E-state index in [4.69, 9.17) is 9.98 Å². The van der Waals surface area contributed by atoms with Crippen molar-refractivity contribution >= 4 is 21.8 Å². The van der Waals surface area contributed by atoms with Crippen molar-refractivity contribution in [3.05, 3.63) is 107 Å². The number of aliphatic imine (C=N–C) groups is 2. The van der Waals surface area contributed by atoms with Crippen molar-refractivity contribution in [1.82, 2.24) is 0 Å². The Bertz CT molecular complexity index is 858. The predicted molar refractivity (Wildman–Crippen MR) is 107 cm³/mol. The molecule has 0 saturated carbocycles. The molecule has 3 aromatic carbocycles. The lowest BCUT2D eigenvalue weighted by molar-refractivity contribution is 0.782. The second kappa shape index (κ2) is 7.08. The Labute approximate surface area is 152 Å². The second-order valence-corrected chi connectivity index (χ2v) is 6.96. The lowest BCUT2D eigenvalue weighted by Gasteiger charge is -2.20. The summed E-state index contributed by atoms with van der Waals surface area (Å²) in [5, 5.41) is 2.03. The Kier molecular flexibility index (Phi) is 4.49. The number of benzene rings is 3. The molecular formula is C22H18N2S. The van der Waals surface area contributed by atoms with Crippen LogP contribution in [0.2, 0.25) is 0 Å². The van der Waals surface area contributed by atoms with Gasteiger partial charge in [0.05, 0.1) is 0 Å². The van der Waals surface area contributed by atoms with Gasteiger partial charge in [-0.25, -0.2) is 9.98 Å². The molecule has 122 valence electrons. The van der Waals surface area contributed by atoms with E-state index >= 15 is 0 Å². The Morgan fingerprint density at radius 3 is 1.60 bits per heavy atom. The highest BCUT2D eigenvalue weighted by Gasteiger charge is 2.21. The van der Waals surface area contributed by atoms with Crippen molar-refractivity contribution in [2.45, 2.75) is 13.1 Å². The molecule has 3 heteroatoms. The summed E-state index contributed by atoms with van der Waals surface area (Å²) in [7, 11) is 0. The normalized spacial score (nSPS) is 14.8. The van der Waals surface area contributed by atoms with Gasteiger partial charge in [0.15, 0.2) is 6.17 Å². The molecule has 0 fully saturated rings. The van der Waals surface area contributed by atoms with Gasteiger partial charge in [0.2, 0.25) is 0 Å². The van der Waals surface area contributed by atoms with Gasteiger partial charge in [-0.15, -0.1) is 0 Å². The number of thioether (sulfide) groups is 1. The maximum absolute atomic E-state index is 4.92. The quantitative estimate of drug-likeness (QED) is 0.605. The van der Waals surface area contributed by atoms with E-state index in [9.17, 15) is 0 Å². The minimum absolute atomic E-state index is 0.202. The third-order valence-electron chi connectivity index (χ3n) is 4.09. The van der Waals surface area contributed by atoms with Gasteiger partial charge in [-0.1, -0.05) is 90.5 Å². The lowest BCUT2D eigenvalue weighted by Crippen LogP contribution is -2.12. The molecule has 2 nitrogen and oxygen atoms in total. The zero-order valence-corrected chi connectivity index (χ0v) is 14.8. The van der Waals surface area contributed by atoms with Gasteiger partial charge in [-0.3, -0.25) is 0 Å². The molecule has 0 N–H and O–H groups in total. The largest absolute Gasteiger partial charge is 0.246 e. The summed E-state index contributed by atoms with van der Waals surface area (Å²) < 4.78 is 0. The molecular weight excluding hydrogens is 324 g/mol. The van der Waals surface area contributed by atoms with Crippen molar-refractivity contribution < 1.29 is 0 Å². The first-order valence-electron chi connectivity index (χ1n) is 8.30. The number of rotatable bonds is 3. The number of hydrogen-bond donors (Lipinski definition) is 0. The number of nitrogens with zero attached hydrogens (tertiary/aromatic N) is 2. The average molecular weight is 342 g/mol. The van der Waals surface area contributed by atoms with Crippen LogP contribution in [0.4, 0.5) is 0 Å². The Balaban J connectivity index is 1.78. The van der Waals surface area contributed by atoms with Crippen LogP contribution in [0.5, 0.6) is 0 Å². The predicted octanol–water partition coefficient (Wildman–Crippen LogP) is 5.63. The molecule has 0 radical (unpaired) electrons. The molecule has 1 heterocycles. The highest BCUT2D eigenvalue weighted by atomic mass is 32.2. The Morgan fingerprint density at radius 2 is 1.12 bits per heavy atom. The van der Waals surface area contributed by atoms with Crippen molar-refractivity contribution in [3.8, 4) is 0 Å². The Morgan fingerprint density at radius 1 is 0.640 bits per heavy atom. The summed E-state index contributed by atoms with van der Waals surface area (Å²) in [6, 6.07) is 29.1. The molecule has 0 saturated heterocycles. The van der Waals surface area contributed by atoms with Crippen molar-refractivity contribution in [2.24, 2.45) is 9.98 Å². The highest BCUT2D eigenvalue weighted by Crippen LogP contribution is 2.32. The first-order chi connectivity index (χ1) is 12.3. The SMILES string of the molecule is Cc1ccc(C2N=C(c3ccccc3)SC(c3ccccc3)=N2)cc1. The van der Waals surface area contributed by atoms with Crippen molar-refractivity contribution in [1.29, 1.82) is 0 Å². The molecule has 0 aliphatic carbocycles. The summed E-state index contributed by atoms with van der Waals surface area (Å²) in [6.07, 6.45) is -0.202. The maximum Gasteiger partial charge on any atom is 0.167 e. The standard InChI is InChI=1S/C22H18N2S/c1-16-12-14-17(15-13-16)20-23-21(18-8-4-2-5-9-18)25-22(24-20)19-10-6-3-7-11-19/h2-15,20H,1H3. The first kappa shape index (κ1) is 15.9. The third kappa shape index (κ3) is 3.57. The van der Waals surface area contributed by atoms with Gasteiger partial charge in [0.25, 0.3) is 0 Å². The van der Waals surface area contributed by atoms with Crippen LogP contribution in [-0.4, -0.2) is 10.1 Å². The third-order valence-corrected chi connectivity index (χ3v) is 5.16. The van der Waals surface area contributed by atoms with Gasteiger partial charge < -0.3 is 0 Å². The van der Waals surface area contributed by atoms with Crippen LogP contribution in [0.15, 0.2) is 94.9 Å². The molecule has 0 spiro atoms. The van der Waals surface area contributed by atoms with Crippen LogP contribution >= 0.6 is 11.8 Å². The first-order valence-corrected chi connectivity index (χ1v) is 9.12. The van der Waals surface area contributed by atoms with Crippen molar-refractivity contribution in [3.63, 3.8) is 0 Å². The minimum atomic E-state index is -0.202. The van der Waals surface area contributed by atoms with E-state index in [1.54, 1.807) is 11.8 Å². The fraction of sp³-hybridized carbons (Fsp3) is 0.0909. The van der Waals surface area contributed by atoms with Crippen LogP contribution in [-0.2, 0) is 0 Å². The summed E-state index contributed by atoms with van der Waals surface area (Å²) in [5.41, 5.74) is 4.63. The van der Waals surface area contributed by atoms with E-state index < -0.39 is 0 Å². The van der Waals surface area contributed by atoms with E-state index in [2.05, 4.69) is 55.5 Å². The second-order valence-electron chi connectivity index (χ2n) is 5.99. The maximum atomic E-state index is 4.92. The van der Waals surface area contributed by atoms with E-state index in [0.29, 0.717) is 0 Å². The zero-order chi connectivity index (χ0) is 17.1. The fourth-order valence-electron chi connectivity index (χ4n) is 2.71. The molecule has 0 amide bonds. The molecule has 25 heavy (non-hydrogen) atoms. The zero-order valence-electron chi connectivity index (χ0n) is 14.0. The van der Waals surface area contributed by atoms with Gasteiger partial charge in [0.1, 0.15) is 10.1 Å². The number of aryl methyl sites for hydroxylation is 1. The smallest absolute Gasteiger partial charge is 0.167 e. The van der Waals surface area contributed by atoms with Crippen molar-refractivity contribution in [2.75, 3.05) is 0 Å². The molecule has 4 rings (SSSR count). The van der Waals surface area contributed by atoms with E-state index in [1.165, 1.54) is 5.56 Å².